The van der Waals surface area contributed by atoms with Crippen molar-refractivity contribution >= 4 is 11.8 Å². The molecule has 1 N–H and O–H groups in total. The van der Waals surface area contributed by atoms with Gasteiger partial charge in [0.05, 0.1) is 0 Å². The molecule has 100 valence electrons. The second-order valence-corrected chi connectivity index (χ2v) is 6.34. The van der Waals surface area contributed by atoms with Crippen LogP contribution in [0.1, 0.15) is 20.3 Å². The molecule has 2 nitrogen and oxygen atoms in total. The largest absolute Gasteiger partial charge is 0.314 e. The molecule has 0 spiro atoms. The van der Waals surface area contributed by atoms with E-state index in [-0.39, 0.29) is 0 Å². The number of nitrogens with zero attached hydrogens (tertiary/aromatic N) is 1. The summed E-state index contributed by atoms with van der Waals surface area (Å²) in [4.78, 5) is 4.03. The topological polar surface area (TPSA) is 15.3 Å². The molecule has 2 rings (SSSR count). The van der Waals surface area contributed by atoms with Crippen LogP contribution >= 0.6 is 11.8 Å². The van der Waals surface area contributed by atoms with Crippen LogP contribution in [0.3, 0.4) is 0 Å². The highest BCUT2D eigenvalue weighted by atomic mass is 32.2. The molecular formula is C15H24N2S. The molecule has 3 heteroatoms. The third-order valence-corrected chi connectivity index (χ3v) is 4.95. The van der Waals surface area contributed by atoms with E-state index in [0.717, 1.165) is 13.1 Å². The van der Waals surface area contributed by atoms with E-state index in [4.69, 9.17) is 0 Å². The van der Waals surface area contributed by atoms with Crippen LogP contribution < -0.4 is 5.32 Å². The molecule has 1 unspecified atom stereocenters. The van der Waals surface area contributed by atoms with Crippen LogP contribution in [0.2, 0.25) is 0 Å². The Labute approximate surface area is 115 Å². The van der Waals surface area contributed by atoms with Gasteiger partial charge in [-0.15, -0.1) is 11.8 Å². The summed E-state index contributed by atoms with van der Waals surface area (Å²) < 4.78 is 0. The lowest BCUT2D eigenvalue weighted by atomic mass is 9.94. The monoisotopic (exact) mass is 264 g/mol. The Kier molecular flexibility index (Phi) is 5.10. The van der Waals surface area contributed by atoms with Crippen LogP contribution in [0.5, 0.6) is 0 Å². The van der Waals surface area contributed by atoms with Gasteiger partial charge in [-0.2, -0.15) is 0 Å². The van der Waals surface area contributed by atoms with Crippen LogP contribution in [0.4, 0.5) is 0 Å². The fourth-order valence-electron chi connectivity index (χ4n) is 2.47. The Morgan fingerprint density at radius 2 is 2.11 bits per heavy atom. The molecule has 1 fully saturated rings. The molecule has 0 radical (unpaired) electrons. The van der Waals surface area contributed by atoms with Gasteiger partial charge in [-0.25, -0.2) is 0 Å². The van der Waals surface area contributed by atoms with Gasteiger partial charge < -0.3 is 5.32 Å². The lowest BCUT2D eigenvalue weighted by molar-refractivity contribution is 0.0786. The lowest BCUT2D eigenvalue weighted by Crippen LogP contribution is -2.59. The van der Waals surface area contributed by atoms with E-state index in [1.165, 1.54) is 30.2 Å². The molecule has 1 atom stereocenters. The number of rotatable bonds is 5. The minimum absolute atomic E-state index is 0.343. The summed E-state index contributed by atoms with van der Waals surface area (Å²) in [5, 5.41) is 3.52. The predicted molar refractivity (Wildman–Crippen MR) is 80.3 cm³/mol. The first-order chi connectivity index (χ1) is 8.74. The van der Waals surface area contributed by atoms with Gasteiger partial charge >= 0.3 is 0 Å². The maximum Gasteiger partial charge on any atom is 0.0304 e. The molecule has 18 heavy (non-hydrogen) atoms. The highest BCUT2D eigenvalue weighted by molar-refractivity contribution is 7.99. The van der Waals surface area contributed by atoms with Crippen LogP contribution in [0.25, 0.3) is 0 Å². The lowest BCUT2D eigenvalue weighted by Gasteiger charge is -2.45. The van der Waals surface area contributed by atoms with Crippen molar-refractivity contribution in [2.24, 2.45) is 0 Å². The molecule has 1 saturated heterocycles. The van der Waals surface area contributed by atoms with E-state index in [1.807, 2.05) is 11.8 Å². The number of benzene rings is 1. The highest BCUT2D eigenvalue weighted by Gasteiger charge is 2.31. The second-order valence-electron chi connectivity index (χ2n) is 5.18. The molecule has 0 aliphatic carbocycles. The van der Waals surface area contributed by atoms with Gasteiger partial charge in [0.2, 0.25) is 0 Å². The van der Waals surface area contributed by atoms with Crippen molar-refractivity contribution in [3.05, 3.63) is 30.3 Å². The fourth-order valence-corrected chi connectivity index (χ4v) is 3.37. The quantitative estimate of drug-likeness (QED) is 0.823. The summed E-state index contributed by atoms with van der Waals surface area (Å²) in [6.07, 6.45) is 1.22. The van der Waals surface area contributed by atoms with E-state index in [2.05, 4.69) is 54.4 Å². The Morgan fingerprint density at radius 3 is 2.83 bits per heavy atom. The summed E-state index contributed by atoms with van der Waals surface area (Å²) in [5.41, 5.74) is 0.343. The molecule has 1 aromatic carbocycles. The van der Waals surface area contributed by atoms with Crippen molar-refractivity contribution in [1.29, 1.82) is 0 Å². The molecule has 0 saturated carbocycles. The van der Waals surface area contributed by atoms with Crippen molar-refractivity contribution in [3.8, 4) is 0 Å². The molecule has 0 bridgehead atoms. The van der Waals surface area contributed by atoms with Gasteiger partial charge in [0, 0.05) is 42.4 Å². The van der Waals surface area contributed by atoms with E-state index in [1.54, 1.807) is 0 Å². The van der Waals surface area contributed by atoms with Gasteiger partial charge in [-0.1, -0.05) is 25.1 Å². The Balaban J connectivity index is 1.82. The Morgan fingerprint density at radius 1 is 1.33 bits per heavy atom. The number of piperazine rings is 1. The van der Waals surface area contributed by atoms with Gasteiger partial charge in [0.15, 0.2) is 0 Å². The average molecular weight is 264 g/mol. The zero-order valence-electron chi connectivity index (χ0n) is 11.5. The third-order valence-electron chi connectivity index (χ3n) is 3.96. The highest BCUT2D eigenvalue weighted by Crippen LogP contribution is 2.23. The SMILES string of the molecule is CCC1(C)CNCCN1CCSc1ccccc1. The normalized spacial score (nSPS) is 25.2. The molecule has 1 aliphatic rings. The first-order valence-electron chi connectivity index (χ1n) is 6.88. The smallest absolute Gasteiger partial charge is 0.0304 e. The Hall–Kier alpha value is -0.510. The number of hydrogen-bond acceptors (Lipinski definition) is 3. The van der Waals surface area contributed by atoms with Gasteiger partial charge in [-0.05, 0) is 25.5 Å². The zero-order valence-corrected chi connectivity index (χ0v) is 12.3. The summed E-state index contributed by atoms with van der Waals surface area (Å²) >= 11 is 1.96. The van der Waals surface area contributed by atoms with E-state index < -0.39 is 0 Å². The van der Waals surface area contributed by atoms with Crippen LogP contribution in [0, 0.1) is 0 Å². The number of hydrogen-bond donors (Lipinski definition) is 1. The molecule has 1 heterocycles. The van der Waals surface area contributed by atoms with Gasteiger partial charge in [-0.3, -0.25) is 4.90 Å². The van der Waals surface area contributed by atoms with Gasteiger partial charge in [0.25, 0.3) is 0 Å². The third kappa shape index (κ3) is 3.50. The second kappa shape index (κ2) is 6.60. The molecule has 0 aromatic heterocycles. The minimum Gasteiger partial charge on any atom is -0.314 e. The van der Waals surface area contributed by atoms with Crippen molar-refractivity contribution in [3.63, 3.8) is 0 Å². The van der Waals surface area contributed by atoms with Crippen molar-refractivity contribution in [2.75, 3.05) is 31.9 Å². The first-order valence-corrected chi connectivity index (χ1v) is 7.87. The number of thioether (sulfide) groups is 1. The predicted octanol–water partition coefficient (Wildman–Crippen LogP) is 2.85. The first kappa shape index (κ1) is 13.9. The minimum atomic E-state index is 0.343. The molecular weight excluding hydrogens is 240 g/mol. The van der Waals surface area contributed by atoms with Crippen LogP contribution in [-0.4, -0.2) is 42.4 Å². The average Bonchev–Trinajstić information content (AvgIpc) is 2.42. The van der Waals surface area contributed by atoms with Crippen molar-refractivity contribution in [2.45, 2.75) is 30.7 Å². The summed E-state index contributed by atoms with van der Waals surface area (Å²) in [6, 6.07) is 10.7. The Bertz CT molecular complexity index is 355. The summed E-state index contributed by atoms with van der Waals surface area (Å²) in [5.74, 6) is 1.18. The molecule has 1 aliphatic heterocycles. The molecule has 0 amide bonds. The van der Waals surface area contributed by atoms with Crippen molar-refractivity contribution < 1.29 is 0 Å². The van der Waals surface area contributed by atoms with Gasteiger partial charge in [0.1, 0.15) is 0 Å². The van der Waals surface area contributed by atoms with E-state index >= 15 is 0 Å². The summed E-state index contributed by atoms with van der Waals surface area (Å²) in [6.45, 7) is 9.30. The zero-order chi connectivity index (χ0) is 12.8. The maximum atomic E-state index is 3.52. The van der Waals surface area contributed by atoms with E-state index in [0.29, 0.717) is 5.54 Å². The van der Waals surface area contributed by atoms with Crippen molar-refractivity contribution in [1.82, 2.24) is 10.2 Å². The maximum absolute atomic E-state index is 3.52. The van der Waals surface area contributed by atoms with Crippen LogP contribution in [-0.2, 0) is 0 Å². The van der Waals surface area contributed by atoms with E-state index in [9.17, 15) is 0 Å². The van der Waals surface area contributed by atoms with Crippen LogP contribution in [0.15, 0.2) is 35.2 Å². The standard InChI is InChI=1S/C15H24N2S/c1-3-15(2)13-16-9-10-17(15)11-12-18-14-7-5-4-6-8-14/h4-8,16H,3,9-13H2,1-2H3. The molecule has 1 aromatic rings. The number of nitrogens with one attached hydrogen (secondary N) is 1. The summed E-state index contributed by atoms with van der Waals surface area (Å²) in [7, 11) is 0. The fraction of sp³-hybridized carbons (Fsp3) is 0.600.